The first-order valence-corrected chi connectivity index (χ1v) is 9.96. The number of hydrogen-bond acceptors (Lipinski definition) is 6. The number of rotatable bonds is 4. The number of nitrogens with zero attached hydrogens (tertiary/aromatic N) is 5. The molecule has 0 spiro atoms. The zero-order valence-electron chi connectivity index (χ0n) is 15.3. The SMILES string of the molecule is CC1CCC(N2CCN(Cc3nc(-c4cccnc4Cl)no3)CC2)CC1. The van der Waals surface area contributed by atoms with Crippen LogP contribution in [0.5, 0.6) is 0 Å². The van der Waals surface area contributed by atoms with Crippen LogP contribution in [0, 0.1) is 5.92 Å². The standard InChI is InChI=1S/C19H26ClN5O/c1-14-4-6-15(7-5-14)25-11-9-24(10-12-25)13-17-22-19(23-26-17)16-3-2-8-21-18(16)20/h2-3,8,14-15H,4-7,9-13H2,1H3. The molecule has 2 aliphatic rings. The van der Waals surface area contributed by atoms with E-state index in [-0.39, 0.29) is 0 Å². The van der Waals surface area contributed by atoms with Gasteiger partial charge in [0.25, 0.3) is 0 Å². The molecule has 4 rings (SSSR count). The molecule has 7 heteroatoms. The topological polar surface area (TPSA) is 58.3 Å². The third-order valence-electron chi connectivity index (χ3n) is 5.74. The maximum atomic E-state index is 6.11. The van der Waals surface area contributed by atoms with Crippen molar-refractivity contribution in [3.63, 3.8) is 0 Å². The van der Waals surface area contributed by atoms with Gasteiger partial charge in [0.2, 0.25) is 11.7 Å². The van der Waals surface area contributed by atoms with Crippen LogP contribution in [-0.4, -0.2) is 57.1 Å². The van der Waals surface area contributed by atoms with Gasteiger partial charge in [-0.25, -0.2) is 4.98 Å². The Morgan fingerprint density at radius 3 is 2.65 bits per heavy atom. The van der Waals surface area contributed by atoms with E-state index in [1.807, 2.05) is 12.1 Å². The fourth-order valence-corrected chi connectivity index (χ4v) is 4.27. The van der Waals surface area contributed by atoms with Crippen molar-refractivity contribution in [2.45, 2.75) is 45.2 Å². The molecule has 1 aliphatic carbocycles. The normalized spacial score (nSPS) is 25.5. The van der Waals surface area contributed by atoms with Crippen molar-refractivity contribution in [3.8, 4) is 11.4 Å². The highest BCUT2D eigenvalue weighted by Gasteiger charge is 2.27. The maximum absolute atomic E-state index is 6.11. The van der Waals surface area contributed by atoms with Crippen molar-refractivity contribution in [2.75, 3.05) is 26.2 Å². The molecule has 1 saturated heterocycles. The van der Waals surface area contributed by atoms with Gasteiger partial charge in [-0.15, -0.1) is 0 Å². The minimum atomic E-state index is 0.398. The monoisotopic (exact) mass is 375 g/mol. The maximum Gasteiger partial charge on any atom is 0.241 e. The van der Waals surface area contributed by atoms with Gasteiger partial charge in [-0.1, -0.05) is 23.7 Å². The first kappa shape index (κ1) is 17.9. The van der Waals surface area contributed by atoms with Crippen molar-refractivity contribution >= 4 is 11.6 Å². The summed E-state index contributed by atoms with van der Waals surface area (Å²) in [6, 6.07) is 4.46. The van der Waals surface area contributed by atoms with Gasteiger partial charge in [0.05, 0.1) is 12.1 Å². The molecule has 26 heavy (non-hydrogen) atoms. The van der Waals surface area contributed by atoms with E-state index >= 15 is 0 Å². The average Bonchev–Trinajstić information content (AvgIpc) is 3.12. The van der Waals surface area contributed by atoms with Gasteiger partial charge in [-0.2, -0.15) is 4.98 Å². The number of piperazine rings is 1. The quantitative estimate of drug-likeness (QED) is 0.762. The summed E-state index contributed by atoms with van der Waals surface area (Å²) < 4.78 is 5.43. The molecular weight excluding hydrogens is 350 g/mol. The van der Waals surface area contributed by atoms with Gasteiger partial charge in [0.1, 0.15) is 5.15 Å². The molecule has 0 radical (unpaired) electrons. The van der Waals surface area contributed by atoms with Crippen molar-refractivity contribution < 1.29 is 4.52 Å². The van der Waals surface area contributed by atoms with Gasteiger partial charge in [-0.3, -0.25) is 9.80 Å². The molecule has 0 atom stereocenters. The molecule has 1 saturated carbocycles. The second-order valence-corrected chi connectivity index (χ2v) is 7.94. The predicted octanol–water partition coefficient (Wildman–Crippen LogP) is 3.48. The summed E-state index contributed by atoms with van der Waals surface area (Å²) >= 11 is 6.11. The average molecular weight is 376 g/mol. The lowest BCUT2D eigenvalue weighted by Crippen LogP contribution is -2.50. The molecule has 0 aromatic carbocycles. The molecule has 0 N–H and O–H groups in total. The highest BCUT2D eigenvalue weighted by Crippen LogP contribution is 2.28. The van der Waals surface area contributed by atoms with Crippen LogP contribution in [0.3, 0.4) is 0 Å². The summed E-state index contributed by atoms with van der Waals surface area (Å²) in [6.07, 6.45) is 7.14. The lowest BCUT2D eigenvalue weighted by molar-refractivity contribution is 0.0642. The number of halogens is 1. The van der Waals surface area contributed by atoms with Crippen LogP contribution in [0.25, 0.3) is 11.4 Å². The Morgan fingerprint density at radius 1 is 1.15 bits per heavy atom. The van der Waals surface area contributed by atoms with Crippen molar-refractivity contribution in [1.29, 1.82) is 0 Å². The van der Waals surface area contributed by atoms with Crippen molar-refractivity contribution in [1.82, 2.24) is 24.9 Å². The van der Waals surface area contributed by atoms with E-state index in [1.165, 1.54) is 25.7 Å². The second kappa shape index (κ2) is 8.03. The number of hydrogen-bond donors (Lipinski definition) is 0. The highest BCUT2D eigenvalue weighted by atomic mass is 35.5. The summed E-state index contributed by atoms with van der Waals surface area (Å²) in [5.74, 6) is 2.06. The van der Waals surface area contributed by atoms with Crippen molar-refractivity contribution in [3.05, 3.63) is 29.4 Å². The van der Waals surface area contributed by atoms with Crippen LogP contribution in [0.15, 0.2) is 22.9 Å². The van der Waals surface area contributed by atoms with E-state index < -0.39 is 0 Å². The summed E-state index contributed by atoms with van der Waals surface area (Å²) in [5.41, 5.74) is 0.709. The Bertz CT molecular complexity index is 720. The zero-order chi connectivity index (χ0) is 17.9. The van der Waals surface area contributed by atoms with Gasteiger partial charge >= 0.3 is 0 Å². The van der Waals surface area contributed by atoms with E-state index in [2.05, 4.69) is 31.8 Å². The van der Waals surface area contributed by atoms with Crippen LogP contribution in [0.1, 0.15) is 38.5 Å². The van der Waals surface area contributed by atoms with Crippen LogP contribution in [-0.2, 0) is 6.54 Å². The van der Waals surface area contributed by atoms with E-state index in [9.17, 15) is 0 Å². The predicted molar refractivity (Wildman–Crippen MR) is 101 cm³/mol. The minimum absolute atomic E-state index is 0.398. The molecule has 2 fully saturated rings. The zero-order valence-corrected chi connectivity index (χ0v) is 16.0. The van der Waals surface area contributed by atoms with E-state index in [1.54, 1.807) is 6.20 Å². The summed E-state index contributed by atoms with van der Waals surface area (Å²) in [4.78, 5) is 13.6. The lowest BCUT2D eigenvalue weighted by atomic mass is 9.86. The largest absolute Gasteiger partial charge is 0.338 e. The highest BCUT2D eigenvalue weighted by molar-refractivity contribution is 6.31. The molecule has 0 amide bonds. The van der Waals surface area contributed by atoms with Gasteiger partial charge in [0, 0.05) is 38.4 Å². The minimum Gasteiger partial charge on any atom is -0.338 e. The second-order valence-electron chi connectivity index (χ2n) is 7.58. The van der Waals surface area contributed by atoms with E-state index in [0.29, 0.717) is 29.0 Å². The van der Waals surface area contributed by atoms with Gasteiger partial charge in [-0.05, 0) is 43.7 Å². The molecular formula is C19H26ClN5O. The third-order valence-corrected chi connectivity index (χ3v) is 6.04. The van der Waals surface area contributed by atoms with Gasteiger partial charge < -0.3 is 4.52 Å². The Balaban J connectivity index is 1.30. The Morgan fingerprint density at radius 2 is 1.92 bits per heavy atom. The molecule has 140 valence electrons. The van der Waals surface area contributed by atoms with E-state index in [0.717, 1.165) is 38.1 Å². The Kier molecular flexibility index (Phi) is 5.52. The smallest absolute Gasteiger partial charge is 0.241 e. The summed E-state index contributed by atoms with van der Waals surface area (Å²) in [7, 11) is 0. The molecule has 2 aromatic heterocycles. The summed E-state index contributed by atoms with van der Waals surface area (Å²) in [5, 5.41) is 4.46. The fraction of sp³-hybridized carbons (Fsp3) is 0.632. The lowest BCUT2D eigenvalue weighted by Gasteiger charge is -2.41. The molecule has 1 aliphatic heterocycles. The van der Waals surface area contributed by atoms with Crippen molar-refractivity contribution in [2.24, 2.45) is 5.92 Å². The Labute approximate surface area is 159 Å². The first-order valence-electron chi connectivity index (χ1n) is 9.59. The third kappa shape index (κ3) is 4.08. The summed E-state index contributed by atoms with van der Waals surface area (Å²) in [6.45, 7) is 7.45. The molecule has 0 unspecified atom stereocenters. The molecule has 3 heterocycles. The molecule has 6 nitrogen and oxygen atoms in total. The van der Waals surface area contributed by atoms with E-state index in [4.69, 9.17) is 16.1 Å². The first-order chi connectivity index (χ1) is 12.7. The fourth-order valence-electron chi connectivity index (χ4n) is 4.07. The molecule has 2 aromatic rings. The van der Waals surface area contributed by atoms with Crippen LogP contribution in [0.4, 0.5) is 0 Å². The molecule has 0 bridgehead atoms. The van der Waals surface area contributed by atoms with Gasteiger partial charge in [0.15, 0.2) is 0 Å². The number of pyridine rings is 1. The van der Waals surface area contributed by atoms with Crippen LogP contribution < -0.4 is 0 Å². The van der Waals surface area contributed by atoms with Crippen LogP contribution in [0.2, 0.25) is 5.15 Å². The van der Waals surface area contributed by atoms with Crippen LogP contribution >= 0.6 is 11.6 Å². The number of aromatic nitrogens is 3. The Hall–Kier alpha value is -1.50.